The molecule has 4 nitrogen and oxygen atoms in total. The van der Waals surface area contributed by atoms with Crippen LogP contribution in [0.1, 0.15) is 78.7 Å². The van der Waals surface area contributed by atoms with Crippen LogP contribution in [0.3, 0.4) is 0 Å². The van der Waals surface area contributed by atoms with Crippen molar-refractivity contribution in [3.8, 4) is 61.7 Å². The molecule has 76 heavy (non-hydrogen) atoms. The van der Waals surface area contributed by atoms with Crippen molar-refractivity contribution in [3.05, 3.63) is 229 Å². The third-order valence-electron chi connectivity index (χ3n) is 14.4. The summed E-state index contributed by atoms with van der Waals surface area (Å²) in [6.45, 7) is 12.1. The number of nitrogens with zero attached hydrogens (tertiary/aromatic N) is 3. The average molecular weight is 1230 g/mol. The quantitative estimate of drug-likeness (QED) is 0.101. The molecule has 6 heteroatoms. The minimum Gasteiger partial charge on any atom is 0 e. The number of hydrogen-bond donors (Lipinski definition) is 0. The van der Waals surface area contributed by atoms with Crippen molar-refractivity contribution in [2.24, 2.45) is 0 Å². The van der Waals surface area contributed by atoms with E-state index in [4.69, 9.17) is 12.1 Å². The summed E-state index contributed by atoms with van der Waals surface area (Å²) in [5.74, 6) is 6.90. The predicted octanol–water partition coefficient (Wildman–Crippen LogP) is 19.0. The molecule has 3 heterocycles. The van der Waals surface area contributed by atoms with Crippen molar-refractivity contribution < 1.29 is 27.3 Å². The van der Waals surface area contributed by atoms with Gasteiger partial charge >= 0.3 is 141 Å². The summed E-state index contributed by atoms with van der Waals surface area (Å²) >= 11 is -2.09. The first kappa shape index (κ1) is 49.7. The molecule has 12 rings (SSSR count). The molecule has 0 aliphatic heterocycles. The molecule has 1 radical (unpaired) electrons. The van der Waals surface area contributed by atoms with E-state index in [0.717, 1.165) is 111 Å². The average Bonchev–Trinajstić information content (AvgIpc) is 4.19. The van der Waals surface area contributed by atoms with Crippen LogP contribution < -0.4 is 4.40 Å². The molecule has 0 aliphatic carbocycles. The van der Waals surface area contributed by atoms with Crippen molar-refractivity contribution in [3.63, 3.8) is 0 Å². The minimum absolute atomic E-state index is 0. The molecule has 0 N–H and O–H groups in total. The number of fused-ring (bicyclic) bond motifs is 6. The number of hydrogen-bond acceptors (Lipinski definition) is 3. The Morgan fingerprint density at radius 2 is 1.24 bits per heavy atom. The van der Waals surface area contributed by atoms with Crippen LogP contribution >= 0.6 is 0 Å². The van der Waals surface area contributed by atoms with Crippen LogP contribution in [0.25, 0.3) is 105 Å². The standard InChI is InChI=1S/C50H35N2O.C20H28GeN.Ir/c1-32(2)37-22-25-41-46(31-37)53-49-42(27-26-39(47(41)49)34-16-8-4-9-17-34)50-51-48-40-21-13-12-20-36(40)23-29-45(48)52(50)44-28-24-38(33-14-6-3-7-15-33)30-43(44)35-18-10-5-11-19-35;1-14(2)16-8-10-17(11-9-16)20-12-18(15(3)4)19(13-22-20)21(5,6)7;/h3-26,28-32H,1-2H3;8-10,12-15H,1-7H3;/q2*-1;/i;14D,15D;. The predicted molar refractivity (Wildman–Crippen MR) is 320 cm³/mol. The molecule has 3 aromatic heterocycles. The van der Waals surface area contributed by atoms with Gasteiger partial charge in [0.05, 0.1) is 22.4 Å². The maximum absolute atomic E-state index is 8.54. The number of imidazole rings is 1. The Hall–Kier alpha value is -7.15. The molecular formula is C70H63GeIrN3O-2. The van der Waals surface area contributed by atoms with E-state index in [2.05, 4.69) is 229 Å². The Labute approximate surface area is 467 Å². The molecule has 0 fully saturated rings. The van der Waals surface area contributed by atoms with Crippen molar-refractivity contribution in [2.45, 2.75) is 76.5 Å². The minimum atomic E-state index is -2.09. The SMILES string of the molecule is CC(C)c1ccc2c(c1)oc1c(-c3nc4c5ccccc5ccc4n3-c3ccc(-c4ccccc4)cc3-c3ccccc3)[c-]cc(-c3ccccc3)c12.[2H]C(C)(C)c1c[c-]c(-c2cc(C([2H])(C)C)[c]([Ge]([CH3])([CH3])[CH3])cn2)cc1.[Ir]. The molecular weight excluding hydrogens is 1160 g/mol. The first-order valence-corrected chi connectivity index (χ1v) is 33.4. The summed E-state index contributed by atoms with van der Waals surface area (Å²) in [4.78, 5) is 10.2. The van der Waals surface area contributed by atoms with Gasteiger partial charge in [-0.3, -0.25) is 4.98 Å². The molecule has 0 aliphatic rings. The number of pyridine rings is 1. The Balaban J connectivity index is 0.000000233. The molecule has 0 bridgehead atoms. The van der Waals surface area contributed by atoms with Crippen LogP contribution in [-0.4, -0.2) is 27.8 Å². The second kappa shape index (κ2) is 21.8. The van der Waals surface area contributed by atoms with Crippen molar-refractivity contribution >= 4 is 61.4 Å². The van der Waals surface area contributed by atoms with Gasteiger partial charge in [-0.05, 0) is 63.2 Å². The van der Waals surface area contributed by atoms with Crippen LogP contribution in [0.15, 0.2) is 205 Å². The van der Waals surface area contributed by atoms with E-state index in [9.17, 15) is 0 Å². The van der Waals surface area contributed by atoms with Crippen LogP contribution in [0.2, 0.25) is 17.3 Å². The first-order chi connectivity index (χ1) is 36.9. The summed E-state index contributed by atoms with van der Waals surface area (Å²) in [6.07, 6.45) is 1.98. The normalized spacial score (nSPS) is 12.4. The number of furan rings is 1. The van der Waals surface area contributed by atoms with Gasteiger partial charge in [-0.2, -0.15) is 0 Å². The van der Waals surface area contributed by atoms with Crippen LogP contribution in [-0.2, 0) is 20.1 Å². The zero-order valence-electron chi connectivity index (χ0n) is 46.7. The molecule has 9 aromatic carbocycles. The Bertz CT molecular complexity index is 4110. The third kappa shape index (κ3) is 10.2. The smallest absolute Gasteiger partial charge is 0 e. The van der Waals surface area contributed by atoms with Gasteiger partial charge in [0.25, 0.3) is 0 Å². The van der Waals surface area contributed by atoms with Gasteiger partial charge in [0.15, 0.2) is 0 Å². The van der Waals surface area contributed by atoms with E-state index in [1.54, 1.807) is 0 Å². The maximum atomic E-state index is 8.54. The Morgan fingerprint density at radius 3 is 1.88 bits per heavy atom. The molecule has 0 saturated heterocycles. The van der Waals surface area contributed by atoms with Crippen molar-refractivity contribution in [1.82, 2.24) is 14.5 Å². The Morgan fingerprint density at radius 1 is 0.579 bits per heavy atom. The van der Waals surface area contributed by atoms with E-state index in [1.807, 2.05) is 52.1 Å². The van der Waals surface area contributed by atoms with Gasteiger partial charge in [0, 0.05) is 42.1 Å². The second-order valence-electron chi connectivity index (χ2n) is 21.4. The molecule has 0 saturated carbocycles. The van der Waals surface area contributed by atoms with Gasteiger partial charge in [-0.25, -0.2) is 0 Å². The van der Waals surface area contributed by atoms with E-state index in [1.165, 1.54) is 15.5 Å². The Kier molecular flexibility index (Phi) is 14.3. The van der Waals surface area contributed by atoms with Crippen LogP contribution in [0, 0.1) is 12.1 Å². The van der Waals surface area contributed by atoms with Crippen LogP contribution in [0.4, 0.5) is 0 Å². The maximum Gasteiger partial charge on any atom is 0 e. The molecule has 0 amide bonds. The van der Waals surface area contributed by atoms with E-state index >= 15 is 0 Å². The van der Waals surface area contributed by atoms with E-state index in [-0.39, 0.29) is 20.1 Å². The van der Waals surface area contributed by atoms with E-state index in [0.29, 0.717) is 5.92 Å². The summed E-state index contributed by atoms with van der Waals surface area (Å²) in [7, 11) is 0. The largest absolute Gasteiger partial charge is 0 e. The number of aromatic nitrogens is 3. The zero-order valence-corrected chi connectivity index (χ0v) is 49.2. The fourth-order valence-corrected chi connectivity index (χ4v) is 13.7. The fraction of sp³-hybridized carbons (Fsp3) is 0.171. The topological polar surface area (TPSA) is 43.9 Å². The van der Waals surface area contributed by atoms with Gasteiger partial charge in [0.2, 0.25) is 0 Å². The van der Waals surface area contributed by atoms with Crippen molar-refractivity contribution in [1.29, 1.82) is 0 Å². The summed E-state index contributed by atoms with van der Waals surface area (Å²) in [5, 5.41) is 4.41. The molecule has 0 unspecified atom stereocenters. The number of benzene rings is 9. The molecule has 379 valence electrons. The monoisotopic (exact) mass is 1230 g/mol. The van der Waals surface area contributed by atoms with Gasteiger partial charge in [-0.15, -0.1) is 12.1 Å². The molecule has 0 atom stereocenters. The first-order valence-electron chi connectivity index (χ1n) is 27.1. The third-order valence-corrected chi connectivity index (χ3v) is 18.7. The number of rotatable bonds is 10. The molecule has 0 spiro atoms. The van der Waals surface area contributed by atoms with Gasteiger partial charge < -0.3 is 8.98 Å². The molecule has 12 aromatic rings. The summed E-state index contributed by atoms with van der Waals surface area (Å²) in [6, 6.07) is 75.1. The van der Waals surface area contributed by atoms with Crippen LogP contribution in [0.5, 0.6) is 0 Å². The second-order valence-corrected chi connectivity index (χ2v) is 32.0. The summed E-state index contributed by atoms with van der Waals surface area (Å²) in [5.41, 5.74) is 17.3. The zero-order chi connectivity index (χ0) is 53.8. The summed E-state index contributed by atoms with van der Waals surface area (Å²) < 4.78 is 27.2. The fourth-order valence-electron chi connectivity index (χ4n) is 10.3. The van der Waals surface area contributed by atoms with Gasteiger partial charge in [-0.1, -0.05) is 170 Å². The van der Waals surface area contributed by atoms with Gasteiger partial charge in [0.1, 0.15) is 5.58 Å². The van der Waals surface area contributed by atoms with Crippen molar-refractivity contribution in [2.75, 3.05) is 0 Å². The van der Waals surface area contributed by atoms with E-state index < -0.39 is 25.1 Å².